The summed E-state index contributed by atoms with van der Waals surface area (Å²) in [5.41, 5.74) is 1.60. The van der Waals surface area contributed by atoms with Gasteiger partial charge in [-0.1, -0.05) is 18.2 Å². The van der Waals surface area contributed by atoms with Gasteiger partial charge in [0.25, 0.3) is 0 Å². The van der Waals surface area contributed by atoms with Gasteiger partial charge in [-0.05, 0) is 49.6 Å². The molecule has 2 atom stereocenters. The fourth-order valence-corrected chi connectivity index (χ4v) is 6.65. The molecule has 2 aromatic heterocycles. The molecule has 1 aliphatic rings. The molecule has 5 aromatic rings. The van der Waals surface area contributed by atoms with E-state index in [1.165, 1.54) is 30.7 Å². The molecule has 1 aliphatic heterocycles. The number of imidazole rings is 1. The summed E-state index contributed by atoms with van der Waals surface area (Å²) in [4.78, 5) is 18.6. The fraction of sp³-hybridized carbons (Fsp3) is 0.250. The maximum Gasteiger partial charge on any atom is 0.303 e. The average molecular weight is 624 g/mol. The predicted molar refractivity (Wildman–Crippen MR) is 158 cm³/mol. The third kappa shape index (κ3) is 4.92. The minimum absolute atomic E-state index is 0.00321. The van der Waals surface area contributed by atoms with Crippen LogP contribution in [0.15, 0.2) is 59.8 Å². The number of aryl methyl sites for hydroxylation is 2. The highest BCUT2D eigenvalue weighted by atomic mass is 32.2. The summed E-state index contributed by atoms with van der Waals surface area (Å²) in [6, 6.07) is 10.9. The van der Waals surface area contributed by atoms with E-state index in [9.17, 15) is 18.5 Å². The summed E-state index contributed by atoms with van der Waals surface area (Å²) in [6.45, 7) is 2.39. The topological polar surface area (TPSA) is 106 Å². The molecule has 44 heavy (non-hydrogen) atoms. The quantitative estimate of drug-likeness (QED) is 0.201. The first-order valence-corrected chi connectivity index (χ1v) is 15.4. The molecule has 0 aliphatic carbocycles. The number of hydrogen-bond acceptors (Lipinski definition) is 5. The summed E-state index contributed by atoms with van der Waals surface area (Å²) in [6.07, 6.45) is 5.41. The molecule has 3 heterocycles. The summed E-state index contributed by atoms with van der Waals surface area (Å²) >= 11 is 0. The molecule has 3 aromatic carbocycles. The van der Waals surface area contributed by atoms with E-state index in [0.29, 0.717) is 30.9 Å². The van der Waals surface area contributed by atoms with E-state index in [1.54, 1.807) is 17.8 Å². The first-order valence-electron chi connectivity index (χ1n) is 13.8. The molecule has 0 saturated heterocycles. The molecule has 0 saturated carbocycles. The monoisotopic (exact) mass is 623 g/mol. The molecular weight excluding hydrogens is 595 g/mol. The predicted octanol–water partition coefficient (Wildman–Crippen LogP) is 6.62. The van der Waals surface area contributed by atoms with Crippen molar-refractivity contribution in [1.29, 1.82) is 0 Å². The lowest BCUT2D eigenvalue weighted by Crippen LogP contribution is -2.32. The minimum atomic E-state index is -1.74. The van der Waals surface area contributed by atoms with Crippen molar-refractivity contribution < 1.29 is 36.8 Å². The number of carboxylic acid groups (broad SMARTS) is 1. The lowest BCUT2D eigenvalue weighted by molar-refractivity contribution is -0.136. The van der Waals surface area contributed by atoms with Crippen LogP contribution in [0.25, 0.3) is 22.3 Å². The molecule has 0 amide bonds. The number of aromatic nitrogens is 3. The van der Waals surface area contributed by atoms with Gasteiger partial charge in [-0.25, -0.2) is 13.8 Å². The van der Waals surface area contributed by atoms with Gasteiger partial charge in [-0.2, -0.15) is 4.39 Å². The van der Waals surface area contributed by atoms with E-state index in [-0.39, 0.29) is 39.4 Å². The van der Waals surface area contributed by atoms with Crippen molar-refractivity contribution in [2.45, 2.75) is 36.5 Å². The van der Waals surface area contributed by atoms with E-state index in [4.69, 9.17) is 14.5 Å². The number of rotatable bonds is 8. The molecule has 0 bridgehead atoms. The highest BCUT2D eigenvalue weighted by molar-refractivity contribution is 7.84. The van der Waals surface area contributed by atoms with Gasteiger partial charge in [0, 0.05) is 48.5 Å². The maximum atomic E-state index is 15.3. The Kier molecular flexibility index (Phi) is 7.48. The number of H-pyrrole nitrogens is 1. The van der Waals surface area contributed by atoms with E-state index >= 15 is 8.78 Å². The van der Waals surface area contributed by atoms with Crippen LogP contribution >= 0.6 is 0 Å². The number of fused-ring (bicyclic) bond motifs is 2. The zero-order chi connectivity index (χ0) is 31.3. The Labute approximate surface area is 252 Å². The lowest BCUT2D eigenvalue weighted by atomic mass is 9.74. The molecule has 12 heteroatoms. The Bertz CT molecular complexity index is 1970. The number of aromatic amines is 1. The second-order valence-electron chi connectivity index (χ2n) is 10.9. The molecule has 6 rings (SSSR count). The minimum Gasteiger partial charge on any atom is -0.493 e. The van der Waals surface area contributed by atoms with Crippen LogP contribution in [0.1, 0.15) is 36.6 Å². The third-order valence-electron chi connectivity index (χ3n) is 8.08. The van der Waals surface area contributed by atoms with Crippen LogP contribution < -0.4 is 9.47 Å². The molecule has 228 valence electrons. The van der Waals surface area contributed by atoms with Crippen molar-refractivity contribution in [3.8, 4) is 28.6 Å². The number of nitrogens with one attached hydrogen (secondary N) is 1. The first kappa shape index (κ1) is 29.5. The maximum absolute atomic E-state index is 15.3. The Morgan fingerprint density at radius 3 is 2.75 bits per heavy atom. The molecule has 8 nitrogen and oxygen atoms in total. The van der Waals surface area contributed by atoms with Gasteiger partial charge in [-0.15, -0.1) is 0 Å². The van der Waals surface area contributed by atoms with Gasteiger partial charge >= 0.3 is 5.97 Å². The van der Waals surface area contributed by atoms with Crippen LogP contribution in [0, 0.1) is 17.5 Å². The fourth-order valence-electron chi connectivity index (χ4n) is 5.77. The Hall–Kier alpha value is -4.58. The second-order valence-corrected chi connectivity index (χ2v) is 12.2. The number of carboxylic acids is 1. The molecule has 0 spiro atoms. The highest BCUT2D eigenvalue weighted by Crippen LogP contribution is 2.46. The number of aliphatic carboxylic acids is 1. The Morgan fingerprint density at radius 2 is 2.00 bits per heavy atom. The van der Waals surface area contributed by atoms with Crippen molar-refractivity contribution in [1.82, 2.24) is 14.5 Å². The standard InChI is InChI=1S/C32H28F3N3O5S/c1-32(12-14-42-28-17(7-10-24(39)40)5-4-6-21(28)32)23-16-38(2)31(37-23)20-15-18(8-9-22(20)33)43-29-26(35)25(34)27-19(11-13-36-27)30(29)44(3)41/h4-6,8-9,11,13,15-16,36H,7,10,12,14H2,1-3H3,(H,39,40). The van der Waals surface area contributed by atoms with E-state index < -0.39 is 45.4 Å². The van der Waals surface area contributed by atoms with Crippen LogP contribution in [0.2, 0.25) is 0 Å². The zero-order valence-corrected chi connectivity index (χ0v) is 24.9. The summed E-state index contributed by atoms with van der Waals surface area (Å²) in [5.74, 6) is -3.65. The highest BCUT2D eigenvalue weighted by Gasteiger charge is 2.38. The van der Waals surface area contributed by atoms with Gasteiger partial charge in [0.05, 0.1) is 39.1 Å². The van der Waals surface area contributed by atoms with Crippen molar-refractivity contribution in [3.05, 3.63) is 89.1 Å². The third-order valence-corrected chi connectivity index (χ3v) is 9.07. The number of ether oxygens (including phenoxy) is 2. The number of nitrogens with zero attached hydrogens (tertiary/aromatic N) is 2. The van der Waals surface area contributed by atoms with Gasteiger partial charge < -0.3 is 24.1 Å². The lowest BCUT2D eigenvalue weighted by Gasteiger charge is -2.35. The first-order chi connectivity index (χ1) is 21.0. The van der Waals surface area contributed by atoms with Crippen molar-refractivity contribution in [2.75, 3.05) is 12.9 Å². The van der Waals surface area contributed by atoms with Crippen LogP contribution in [-0.4, -0.2) is 42.7 Å². The van der Waals surface area contributed by atoms with E-state index in [1.807, 2.05) is 25.1 Å². The van der Waals surface area contributed by atoms with Crippen molar-refractivity contribution in [2.24, 2.45) is 7.05 Å². The largest absolute Gasteiger partial charge is 0.493 e. The molecule has 2 unspecified atom stereocenters. The van der Waals surface area contributed by atoms with Crippen LogP contribution in [0.3, 0.4) is 0 Å². The number of carbonyl (C=O) groups is 1. The van der Waals surface area contributed by atoms with Gasteiger partial charge in [0.1, 0.15) is 23.1 Å². The summed E-state index contributed by atoms with van der Waals surface area (Å²) in [5, 5.41) is 9.39. The molecule has 0 radical (unpaired) electrons. The second kappa shape index (κ2) is 11.2. The zero-order valence-electron chi connectivity index (χ0n) is 24.0. The molecular formula is C32H28F3N3O5S. The van der Waals surface area contributed by atoms with Crippen LogP contribution in [0.4, 0.5) is 13.2 Å². The van der Waals surface area contributed by atoms with Crippen LogP contribution in [0.5, 0.6) is 17.2 Å². The normalized spacial score (nSPS) is 16.9. The number of hydrogen-bond donors (Lipinski definition) is 2. The molecule has 0 fully saturated rings. The SMILES string of the molecule is Cn1cc(C2(C)CCOc3c(CCC(=O)O)cccc32)nc1-c1cc(Oc2c(F)c(F)c3[nH]ccc3c2S(C)=O)ccc1F. The Morgan fingerprint density at radius 1 is 1.20 bits per heavy atom. The van der Waals surface area contributed by atoms with Crippen LogP contribution in [-0.2, 0) is 34.5 Å². The van der Waals surface area contributed by atoms with Gasteiger partial charge in [-0.3, -0.25) is 9.00 Å². The van der Waals surface area contributed by atoms with Crippen molar-refractivity contribution in [3.63, 3.8) is 0 Å². The average Bonchev–Trinajstić information content (AvgIpc) is 3.63. The smallest absolute Gasteiger partial charge is 0.303 e. The number of benzene rings is 3. The van der Waals surface area contributed by atoms with Crippen molar-refractivity contribution >= 4 is 27.7 Å². The number of para-hydroxylation sites is 1. The number of halogens is 3. The van der Waals surface area contributed by atoms with Gasteiger partial charge in [0.15, 0.2) is 11.6 Å². The summed E-state index contributed by atoms with van der Waals surface area (Å²) < 4.78 is 71.4. The Balaban J connectivity index is 1.39. The molecule has 2 N–H and O–H groups in total. The van der Waals surface area contributed by atoms with E-state index in [2.05, 4.69) is 4.98 Å². The van der Waals surface area contributed by atoms with E-state index in [0.717, 1.165) is 17.2 Å². The van der Waals surface area contributed by atoms with Gasteiger partial charge in [0.2, 0.25) is 5.82 Å². The summed E-state index contributed by atoms with van der Waals surface area (Å²) in [7, 11) is -0.0236.